The van der Waals surface area contributed by atoms with E-state index in [4.69, 9.17) is 9.47 Å². The van der Waals surface area contributed by atoms with Gasteiger partial charge in [-0.1, -0.05) is 36.4 Å². The van der Waals surface area contributed by atoms with Gasteiger partial charge in [-0.2, -0.15) is 0 Å². The standard InChI is InChI=1S/C27H30N2O4/c1-32-24-16-12-19(18-25(24)33-2)11-13-21-10-6-7-17-29(21)27(31)22-14-15-23(28-26(22)30)20-8-4-3-5-9-20/h3-5,8-9,12,14-16,18,21H,6-7,10-11,13,17H2,1-2H3,(H,28,30). The third-order valence-corrected chi connectivity index (χ3v) is 6.33. The molecular weight excluding hydrogens is 416 g/mol. The maximum absolute atomic E-state index is 13.3. The Hall–Kier alpha value is -3.54. The topological polar surface area (TPSA) is 71.6 Å². The molecule has 1 aromatic heterocycles. The van der Waals surface area contributed by atoms with E-state index in [1.54, 1.807) is 20.3 Å². The van der Waals surface area contributed by atoms with Crippen molar-refractivity contribution in [1.82, 2.24) is 9.88 Å². The second-order valence-electron chi connectivity index (χ2n) is 8.36. The van der Waals surface area contributed by atoms with Gasteiger partial charge in [-0.15, -0.1) is 0 Å². The maximum atomic E-state index is 13.3. The summed E-state index contributed by atoms with van der Waals surface area (Å²) in [4.78, 5) is 30.9. The fourth-order valence-electron chi connectivity index (χ4n) is 4.52. The number of carbonyl (C=O) groups excluding carboxylic acids is 1. The van der Waals surface area contributed by atoms with Crippen molar-refractivity contribution in [1.29, 1.82) is 0 Å². The number of carbonyl (C=O) groups is 1. The zero-order valence-corrected chi connectivity index (χ0v) is 19.2. The van der Waals surface area contributed by atoms with Gasteiger partial charge in [-0.3, -0.25) is 9.59 Å². The quantitative estimate of drug-likeness (QED) is 0.572. The molecule has 1 aliphatic heterocycles. The molecule has 33 heavy (non-hydrogen) atoms. The van der Waals surface area contributed by atoms with E-state index < -0.39 is 0 Å². The summed E-state index contributed by atoms with van der Waals surface area (Å²) in [5, 5.41) is 0. The average Bonchev–Trinajstić information content (AvgIpc) is 2.87. The molecule has 0 saturated carbocycles. The number of likely N-dealkylation sites (tertiary alicyclic amines) is 1. The number of amides is 1. The Morgan fingerprint density at radius 1 is 1.00 bits per heavy atom. The van der Waals surface area contributed by atoms with E-state index in [2.05, 4.69) is 4.98 Å². The molecule has 2 aromatic carbocycles. The van der Waals surface area contributed by atoms with Crippen LogP contribution in [0.3, 0.4) is 0 Å². The minimum atomic E-state index is -0.342. The number of aromatic nitrogens is 1. The van der Waals surface area contributed by atoms with Crippen molar-refractivity contribution in [2.75, 3.05) is 20.8 Å². The smallest absolute Gasteiger partial charge is 0.261 e. The molecule has 6 heteroatoms. The van der Waals surface area contributed by atoms with Gasteiger partial charge in [0.15, 0.2) is 11.5 Å². The number of hydrogen-bond donors (Lipinski definition) is 1. The van der Waals surface area contributed by atoms with E-state index in [0.717, 1.165) is 43.2 Å². The lowest BCUT2D eigenvalue weighted by molar-refractivity contribution is 0.0600. The molecule has 172 valence electrons. The first kappa shape index (κ1) is 22.6. The van der Waals surface area contributed by atoms with E-state index in [1.807, 2.05) is 59.5 Å². The number of nitrogens with one attached hydrogen (secondary N) is 1. The van der Waals surface area contributed by atoms with Gasteiger partial charge in [0.05, 0.1) is 14.2 Å². The normalized spacial score (nSPS) is 15.8. The molecule has 6 nitrogen and oxygen atoms in total. The van der Waals surface area contributed by atoms with Crippen LogP contribution in [0.2, 0.25) is 0 Å². The molecule has 4 rings (SSSR count). The first-order chi connectivity index (χ1) is 16.1. The van der Waals surface area contributed by atoms with Crippen LogP contribution in [0.15, 0.2) is 65.5 Å². The van der Waals surface area contributed by atoms with Crippen LogP contribution in [0.1, 0.15) is 41.6 Å². The minimum absolute atomic E-state index is 0.104. The van der Waals surface area contributed by atoms with Crippen LogP contribution in [0.5, 0.6) is 11.5 Å². The van der Waals surface area contributed by atoms with Crippen molar-refractivity contribution in [2.45, 2.75) is 38.1 Å². The van der Waals surface area contributed by atoms with Crippen LogP contribution in [0, 0.1) is 0 Å². The second-order valence-corrected chi connectivity index (χ2v) is 8.36. The van der Waals surface area contributed by atoms with Crippen molar-refractivity contribution in [3.8, 4) is 22.8 Å². The predicted octanol–water partition coefficient (Wildman–Crippen LogP) is 4.69. The number of piperidine rings is 1. The summed E-state index contributed by atoms with van der Waals surface area (Å²) in [5.74, 6) is 1.22. The highest BCUT2D eigenvalue weighted by molar-refractivity contribution is 5.94. The van der Waals surface area contributed by atoms with Crippen molar-refractivity contribution in [3.63, 3.8) is 0 Å². The molecule has 0 aliphatic carbocycles. The Balaban J connectivity index is 1.49. The number of H-pyrrole nitrogens is 1. The number of nitrogens with zero attached hydrogens (tertiary/aromatic N) is 1. The number of pyridine rings is 1. The zero-order valence-electron chi connectivity index (χ0n) is 19.2. The Labute approximate surface area is 194 Å². The summed E-state index contributed by atoms with van der Waals surface area (Å²) >= 11 is 0. The van der Waals surface area contributed by atoms with Crippen molar-refractivity contribution < 1.29 is 14.3 Å². The summed E-state index contributed by atoms with van der Waals surface area (Å²) in [6.07, 6.45) is 4.64. The van der Waals surface area contributed by atoms with E-state index >= 15 is 0 Å². The highest BCUT2D eigenvalue weighted by Crippen LogP contribution is 2.29. The molecule has 3 aromatic rings. The van der Waals surface area contributed by atoms with E-state index in [9.17, 15) is 9.59 Å². The van der Waals surface area contributed by atoms with Crippen molar-refractivity contribution in [3.05, 3.63) is 82.1 Å². The number of benzene rings is 2. The molecule has 2 heterocycles. The van der Waals surface area contributed by atoms with Crippen LogP contribution in [-0.4, -0.2) is 42.6 Å². The monoisotopic (exact) mass is 446 g/mol. The third-order valence-electron chi connectivity index (χ3n) is 6.33. The van der Waals surface area contributed by atoms with E-state index in [0.29, 0.717) is 23.7 Å². The fraction of sp³-hybridized carbons (Fsp3) is 0.333. The van der Waals surface area contributed by atoms with Crippen molar-refractivity contribution in [2.24, 2.45) is 0 Å². The van der Waals surface area contributed by atoms with Gasteiger partial charge in [0.1, 0.15) is 5.56 Å². The largest absolute Gasteiger partial charge is 0.493 e. The Morgan fingerprint density at radius 3 is 2.52 bits per heavy atom. The van der Waals surface area contributed by atoms with E-state index in [-0.39, 0.29) is 23.1 Å². The van der Waals surface area contributed by atoms with E-state index in [1.165, 1.54) is 0 Å². The summed E-state index contributed by atoms with van der Waals surface area (Å²) < 4.78 is 10.7. The number of aromatic amines is 1. The SMILES string of the molecule is COc1ccc(CCC2CCCCN2C(=O)c2ccc(-c3ccccc3)[nH]c2=O)cc1OC. The molecule has 1 amide bonds. The Morgan fingerprint density at radius 2 is 1.79 bits per heavy atom. The predicted molar refractivity (Wildman–Crippen MR) is 129 cm³/mol. The first-order valence-electron chi connectivity index (χ1n) is 11.4. The summed E-state index contributed by atoms with van der Waals surface area (Å²) in [7, 11) is 3.25. The molecule has 1 saturated heterocycles. The molecular formula is C27H30N2O4. The van der Waals surface area contributed by atoms with Gasteiger partial charge in [0.2, 0.25) is 0 Å². The number of ether oxygens (including phenoxy) is 2. The lowest BCUT2D eigenvalue weighted by atomic mass is 9.95. The van der Waals surface area contributed by atoms with Crippen LogP contribution < -0.4 is 15.0 Å². The van der Waals surface area contributed by atoms with Gasteiger partial charge in [-0.25, -0.2) is 0 Å². The van der Waals surface area contributed by atoms with Crippen LogP contribution in [0.25, 0.3) is 11.3 Å². The van der Waals surface area contributed by atoms with Gasteiger partial charge >= 0.3 is 0 Å². The lowest BCUT2D eigenvalue weighted by Gasteiger charge is -2.36. The lowest BCUT2D eigenvalue weighted by Crippen LogP contribution is -2.45. The Kier molecular flexibility index (Phi) is 7.13. The number of methoxy groups -OCH3 is 2. The van der Waals surface area contributed by atoms with Gasteiger partial charge in [-0.05, 0) is 67.5 Å². The third kappa shape index (κ3) is 5.11. The first-order valence-corrected chi connectivity index (χ1v) is 11.4. The highest BCUT2D eigenvalue weighted by Gasteiger charge is 2.28. The second kappa shape index (κ2) is 10.4. The van der Waals surface area contributed by atoms with Crippen molar-refractivity contribution >= 4 is 5.91 Å². The minimum Gasteiger partial charge on any atom is -0.493 e. The Bertz CT molecular complexity index is 1160. The zero-order chi connectivity index (χ0) is 23.2. The van der Waals surface area contributed by atoms with Gasteiger partial charge in [0, 0.05) is 18.3 Å². The fourth-order valence-corrected chi connectivity index (χ4v) is 4.52. The molecule has 1 atom stereocenters. The van der Waals surface area contributed by atoms with Crippen LogP contribution >= 0.6 is 0 Å². The molecule has 1 fully saturated rings. The summed E-state index contributed by atoms with van der Waals surface area (Å²) in [5.41, 5.74) is 2.62. The average molecular weight is 447 g/mol. The summed E-state index contributed by atoms with van der Waals surface area (Å²) in [6.45, 7) is 0.676. The number of hydrogen-bond acceptors (Lipinski definition) is 4. The van der Waals surface area contributed by atoms with Crippen LogP contribution in [-0.2, 0) is 6.42 Å². The van der Waals surface area contributed by atoms with Gasteiger partial charge < -0.3 is 19.4 Å². The molecule has 0 spiro atoms. The summed E-state index contributed by atoms with van der Waals surface area (Å²) in [6, 6.07) is 19.1. The van der Waals surface area contributed by atoms with Crippen LogP contribution in [0.4, 0.5) is 0 Å². The number of rotatable bonds is 7. The molecule has 1 unspecified atom stereocenters. The van der Waals surface area contributed by atoms with Gasteiger partial charge in [0.25, 0.3) is 11.5 Å². The molecule has 1 aliphatic rings. The maximum Gasteiger partial charge on any atom is 0.261 e. The highest BCUT2D eigenvalue weighted by atomic mass is 16.5. The molecule has 0 radical (unpaired) electrons. The molecule has 0 bridgehead atoms. The number of aryl methyl sites for hydroxylation is 1. The molecule has 1 N–H and O–H groups in total.